The van der Waals surface area contributed by atoms with Crippen LogP contribution in [-0.2, 0) is 6.61 Å². The highest BCUT2D eigenvalue weighted by Gasteiger charge is 2.10. The third kappa shape index (κ3) is 3.60. The topological polar surface area (TPSA) is 81.7 Å². The van der Waals surface area contributed by atoms with Gasteiger partial charge in [0.15, 0.2) is 11.5 Å². The monoisotopic (exact) mass is 398 g/mol. The Balaban J connectivity index is 1.28. The fraction of sp³-hybridized carbons (Fsp3) is 0.0870. The molecule has 1 N–H and O–H groups in total. The average molecular weight is 398 g/mol. The number of amides is 1. The predicted molar refractivity (Wildman–Crippen MR) is 113 cm³/mol. The predicted octanol–water partition coefficient (Wildman–Crippen LogP) is 4.62. The van der Waals surface area contributed by atoms with Crippen molar-refractivity contribution >= 4 is 28.3 Å². The molecule has 2 aromatic carbocycles. The third-order valence-electron chi connectivity index (χ3n) is 4.65. The van der Waals surface area contributed by atoms with E-state index in [-0.39, 0.29) is 5.91 Å². The highest BCUT2D eigenvalue weighted by atomic mass is 16.5. The quantitative estimate of drug-likeness (QED) is 0.467. The molecule has 0 spiro atoms. The highest BCUT2D eigenvalue weighted by Crippen LogP contribution is 2.21. The van der Waals surface area contributed by atoms with Crippen molar-refractivity contribution in [1.82, 2.24) is 14.4 Å². The van der Waals surface area contributed by atoms with Gasteiger partial charge in [0.25, 0.3) is 5.91 Å². The summed E-state index contributed by atoms with van der Waals surface area (Å²) in [6.45, 7) is 2.10. The number of imidazole rings is 1. The minimum absolute atomic E-state index is 0.229. The molecule has 5 aromatic rings. The Hall–Kier alpha value is -4.13. The molecule has 3 heterocycles. The highest BCUT2D eigenvalue weighted by molar-refractivity contribution is 6.05. The van der Waals surface area contributed by atoms with Crippen molar-refractivity contribution in [3.05, 3.63) is 90.2 Å². The summed E-state index contributed by atoms with van der Waals surface area (Å²) in [5.41, 5.74) is 4.22. The molecule has 0 fully saturated rings. The van der Waals surface area contributed by atoms with Gasteiger partial charge in [0.1, 0.15) is 23.5 Å². The van der Waals surface area contributed by atoms with Crippen molar-refractivity contribution in [3.63, 3.8) is 0 Å². The van der Waals surface area contributed by atoms with Crippen LogP contribution in [0.5, 0.6) is 5.75 Å². The van der Waals surface area contributed by atoms with E-state index in [1.54, 1.807) is 43.3 Å². The lowest BCUT2D eigenvalue weighted by Crippen LogP contribution is -2.12. The number of aromatic nitrogens is 3. The van der Waals surface area contributed by atoms with Crippen LogP contribution in [0.25, 0.3) is 16.7 Å². The summed E-state index contributed by atoms with van der Waals surface area (Å²) in [7, 11) is 0. The maximum absolute atomic E-state index is 12.7. The summed E-state index contributed by atoms with van der Waals surface area (Å²) < 4.78 is 13.2. The molecular formula is C23H18N4O3. The Labute approximate surface area is 171 Å². The molecule has 0 radical (unpaired) electrons. The van der Waals surface area contributed by atoms with E-state index >= 15 is 0 Å². The first-order valence-electron chi connectivity index (χ1n) is 9.48. The number of rotatable bonds is 5. The molecule has 5 rings (SSSR count). The number of pyridine rings is 1. The van der Waals surface area contributed by atoms with Crippen molar-refractivity contribution in [2.75, 3.05) is 5.32 Å². The van der Waals surface area contributed by atoms with Crippen LogP contribution in [0.3, 0.4) is 0 Å². The smallest absolute Gasteiger partial charge is 0.255 e. The van der Waals surface area contributed by atoms with E-state index in [9.17, 15) is 4.79 Å². The van der Waals surface area contributed by atoms with Gasteiger partial charge in [0, 0.05) is 30.6 Å². The standard InChI is InChI=1S/C23H18N4O3/c1-15-24-20-12-17(8-9-21(20)30-15)26-23(28)16-5-4-6-19(11-16)29-14-18-13-27-10-3-2-7-22(27)25-18/h2-13H,14H2,1H3,(H,26,28). The van der Waals surface area contributed by atoms with E-state index in [1.807, 2.05) is 41.1 Å². The number of nitrogens with zero attached hydrogens (tertiary/aromatic N) is 3. The van der Waals surface area contributed by atoms with Crippen LogP contribution in [0, 0.1) is 6.92 Å². The molecule has 0 bridgehead atoms. The van der Waals surface area contributed by atoms with E-state index < -0.39 is 0 Å². The van der Waals surface area contributed by atoms with Crippen LogP contribution in [0.1, 0.15) is 21.9 Å². The Morgan fingerprint density at radius 1 is 1.10 bits per heavy atom. The Morgan fingerprint density at radius 2 is 2.03 bits per heavy atom. The minimum atomic E-state index is -0.229. The van der Waals surface area contributed by atoms with Gasteiger partial charge >= 0.3 is 0 Å². The van der Waals surface area contributed by atoms with Gasteiger partial charge in [0.2, 0.25) is 0 Å². The van der Waals surface area contributed by atoms with Gasteiger partial charge in [-0.2, -0.15) is 0 Å². The summed E-state index contributed by atoms with van der Waals surface area (Å²) >= 11 is 0. The van der Waals surface area contributed by atoms with Gasteiger partial charge in [0.05, 0.1) is 5.69 Å². The maximum Gasteiger partial charge on any atom is 0.255 e. The van der Waals surface area contributed by atoms with E-state index in [0.717, 1.165) is 11.3 Å². The minimum Gasteiger partial charge on any atom is -0.487 e. The lowest BCUT2D eigenvalue weighted by atomic mass is 10.2. The number of oxazole rings is 1. The third-order valence-corrected chi connectivity index (χ3v) is 4.65. The van der Waals surface area contributed by atoms with Crippen molar-refractivity contribution in [2.24, 2.45) is 0 Å². The van der Waals surface area contributed by atoms with Gasteiger partial charge in [-0.15, -0.1) is 0 Å². The van der Waals surface area contributed by atoms with Crippen LogP contribution >= 0.6 is 0 Å². The summed E-state index contributed by atoms with van der Waals surface area (Å²) in [5.74, 6) is 0.957. The van der Waals surface area contributed by atoms with Crippen molar-refractivity contribution < 1.29 is 13.9 Å². The first-order chi connectivity index (χ1) is 14.6. The molecule has 1 amide bonds. The zero-order valence-electron chi connectivity index (χ0n) is 16.2. The number of hydrogen-bond acceptors (Lipinski definition) is 5. The Kier molecular flexibility index (Phi) is 4.40. The van der Waals surface area contributed by atoms with Crippen molar-refractivity contribution in [1.29, 1.82) is 0 Å². The largest absolute Gasteiger partial charge is 0.487 e. The molecule has 0 saturated carbocycles. The number of anilines is 1. The normalized spacial score (nSPS) is 11.1. The second kappa shape index (κ2) is 7.36. The summed E-state index contributed by atoms with van der Waals surface area (Å²) in [4.78, 5) is 21.5. The van der Waals surface area contributed by atoms with Crippen LogP contribution < -0.4 is 10.1 Å². The van der Waals surface area contributed by atoms with Crippen LogP contribution in [0.4, 0.5) is 5.69 Å². The first kappa shape index (κ1) is 17.9. The summed E-state index contributed by atoms with van der Waals surface area (Å²) in [6, 6.07) is 18.2. The zero-order chi connectivity index (χ0) is 20.5. The number of nitrogens with one attached hydrogen (secondary N) is 1. The van der Waals surface area contributed by atoms with E-state index in [4.69, 9.17) is 9.15 Å². The number of carbonyl (C=O) groups excluding carboxylic acids is 1. The molecule has 7 heteroatoms. The van der Waals surface area contributed by atoms with E-state index in [1.165, 1.54) is 0 Å². The van der Waals surface area contributed by atoms with Crippen LogP contribution in [0.2, 0.25) is 0 Å². The molecule has 30 heavy (non-hydrogen) atoms. The summed E-state index contributed by atoms with van der Waals surface area (Å²) in [6.07, 6.45) is 3.86. The van der Waals surface area contributed by atoms with Gasteiger partial charge in [-0.05, 0) is 48.5 Å². The van der Waals surface area contributed by atoms with Gasteiger partial charge in [-0.1, -0.05) is 12.1 Å². The van der Waals surface area contributed by atoms with Gasteiger partial charge < -0.3 is 18.9 Å². The number of carbonyl (C=O) groups is 1. The number of aryl methyl sites for hydroxylation is 1. The molecule has 0 aliphatic rings. The van der Waals surface area contributed by atoms with Gasteiger partial charge in [-0.25, -0.2) is 9.97 Å². The second-order valence-electron chi connectivity index (χ2n) is 6.88. The molecule has 7 nitrogen and oxygen atoms in total. The number of benzene rings is 2. The lowest BCUT2D eigenvalue weighted by Gasteiger charge is -2.08. The van der Waals surface area contributed by atoms with Crippen LogP contribution in [-0.4, -0.2) is 20.3 Å². The Bertz CT molecular complexity index is 1340. The molecule has 0 saturated heterocycles. The fourth-order valence-electron chi connectivity index (χ4n) is 3.26. The molecule has 0 aliphatic heterocycles. The molecule has 0 unspecified atom stereocenters. The number of fused-ring (bicyclic) bond motifs is 2. The summed E-state index contributed by atoms with van der Waals surface area (Å²) in [5, 5.41) is 2.89. The number of hydrogen-bond donors (Lipinski definition) is 1. The average Bonchev–Trinajstić information content (AvgIpc) is 3.34. The van der Waals surface area contributed by atoms with Crippen molar-refractivity contribution in [3.8, 4) is 5.75 Å². The molecule has 0 atom stereocenters. The SMILES string of the molecule is Cc1nc2cc(NC(=O)c3cccc(OCc4cn5ccccc5n4)c3)ccc2o1. The zero-order valence-corrected chi connectivity index (χ0v) is 16.2. The molecular weight excluding hydrogens is 380 g/mol. The molecule has 3 aromatic heterocycles. The first-order valence-corrected chi connectivity index (χ1v) is 9.48. The fourth-order valence-corrected chi connectivity index (χ4v) is 3.26. The van der Waals surface area contributed by atoms with E-state index in [2.05, 4.69) is 15.3 Å². The maximum atomic E-state index is 12.7. The van der Waals surface area contributed by atoms with Gasteiger partial charge in [-0.3, -0.25) is 4.79 Å². The van der Waals surface area contributed by atoms with Crippen molar-refractivity contribution in [2.45, 2.75) is 13.5 Å². The molecule has 0 aliphatic carbocycles. The number of ether oxygens (including phenoxy) is 1. The van der Waals surface area contributed by atoms with Crippen LogP contribution in [0.15, 0.2) is 77.5 Å². The second-order valence-corrected chi connectivity index (χ2v) is 6.88. The lowest BCUT2D eigenvalue weighted by molar-refractivity contribution is 0.102. The van der Waals surface area contributed by atoms with E-state index in [0.29, 0.717) is 40.6 Å². The Morgan fingerprint density at radius 3 is 2.93 bits per heavy atom. The molecule has 148 valence electrons.